The average molecular weight is 443 g/mol. The van der Waals surface area contributed by atoms with Crippen LogP contribution in [-0.4, -0.2) is 63.8 Å². The van der Waals surface area contributed by atoms with Crippen molar-refractivity contribution in [1.29, 1.82) is 0 Å². The lowest BCUT2D eigenvalue weighted by Crippen LogP contribution is -2.49. The second-order valence-electron chi connectivity index (χ2n) is 7.23. The predicted octanol–water partition coefficient (Wildman–Crippen LogP) is 1.70. The Morgan fingerprint density at radius 3 is 2.06 bits per heavy atom. The van der Waals surface area contributed by atoms with Crippen molar-refractivity contribution in [1.82, 2.24) is 24.3 Å². The summed E-state index contributed by atoms with van der Waals surface area (Å²) in [5, 5.41) is 23.7. The number of non-ortho nitro benzene ring substituents is 1. The minimum atomic E-state index is -3.72. The normalized spacial score (nSPS) is 15.2. The summed E-state index contributed by atoms with van der Waals surface area (Å²) < 4.78 is 28.8. The first-order chi connectivity index (χ1) is 14.8. The molecule has 4 rings (SSSR count). The standard InChI is InChI=1S/C19H21N7O4S/c1-14-13-15(2)25(22-14)19-8-7-18(20-21-19)23-9-11-24(12-10-23)31(29,30)17-5-3-16(4-6-17)26(27)28/h3-8,13H,9-12H2,1-2H3. The van der Waals surface area contributed by atoms with Gasteiger partial charge in [-0.05, 0) is 44.2 Å². The number of piperazine rings is 1. The SMILES string of the molecule is Cc1cc(C)n(-c2ccc(N3CCN(S(=O)(=O)c4ccc([N+](=O)[O-])cc4)CC3)nn2)n1. The van der Waals surface area contributed by atoms with Gasteiger partial charge in [0.05, 0.1) is 15.5 Å². The number of hydrogen-bond acceptors (Lipinski definition) is 8. The largest absolute Gasteiger partial charge is 0.352 e. The average Bonchev–Trinajstić information content (AvgIpc) is 3.12. The topological polar surface area (TPSA) is 127 Å². The summed E-state index contributed by atoms with van der Waals surface area (Å²) in [6, 6.07) is 10.6. The van der Waals surface area contributed by atoms with E-state index in [4.69, 9.17) is 0 Å². The molecule has 0 amide bonds. The molecule has 11 nitrogen and oxygen atoms in total. The Balaban J connectivity index is 1.43. The van der Waals surface area contributed by atoms with Gasteiger partial charge in [0.1, 0.15) is 0 Å². The molecule has 0 bridgehead atoms. The molecular weight excluding hydrogens is 422 g/mol. The van der Waals surface area contributed by atoms with Crippen LogP contribution < -0.4 is 4.90 Å². The van der Waals surface area contributed by atoms with Crippen LogP contribution in [0.15, 0.2) is 47.4 Å². The highest BCUT2D eigenvalue weighted by molar-refractivity contribution is 7.89. The molecule has 1 aliphatic rings. The number of hydrogen-bond donors (Lipinski definition) is 0. The van der Waals surface area contributed by atoms with Crippen molar-refractivity contribution in [2.24, 2.45) is 0 Å². The highest BCUT2D eigenvalue weighted by Gasteiger charge is 2.29. The number of anilines is 1. The second-order valence-corrected chi connectivity index (χ2v) is 9.17. The Morgan fingerprint density at radius 1 is 0.935 bits per heavy atom. The van der Waals surface area contributed by atoms with E-state index in [9.17, 15) is 18.5 Å². The summed E-state index contributed by atoms with van der Waals surface area (Å²) in [7, 11) is -3.72. The highest BCUT2D eigenvalue weighted by atomic mass is 32.2. The number of aryl methyl sites for hydroxylation is 2. The van der Waals surface area contributed by atoms with Gasteiger partial charge in [-0.3, -0.25) is 10.1 Å². The third kappa shape index (κ3) is 4.11. The maximum atomic E-state index is 12.8. The Hall–Kier alpha value is -3.38. The van der Waals surface area contributed by atoms with Gasteiger partial charge in [-0.2, -0.15) is 9.40 Å². The number of nitro groups is 1. The van der Waals surface area contributed by atoms with E-state index in [-0.39, 0.29) is 23.7 Å². The Kier molecular flexibility index (Phi) is 5.41. The molecule has 0 atom stereocenters. The van der Waals surface area contributed by atoms with E-state index < -0.39 is 14.9 Å². The van der Waals surface area contributed by atoms with Crippen LogP contribution in [0.4, 0.5) is 11.5 Å². The molecule has 0 spiro atoms. The van der Waals surface area contributed by atoms with Gasteiger partial charge in [0.25, 0.3) is 5.69 Å². The maximum Gasteiger partial charge on any atom is 0.269 e. The molecule has 3 aromatic rings. The first-order valence-corrected chi connectivity index (χ1v) is 11.1. The lowest BCUT2D eigenvalue weighted by molar-refractivity contribution is -0.384. The molecule has 0 aliphatic carbocycles. The highest BCUT2D eigenvalue weighted by Crippen LogP contribution is 2.22. The first-order valence-electron chi connectivity index (χ1n) is 9.62. The van der Waals surface area contributed by atoms with Crippen molar-refractivity contribution in [2.75, 3.05) is 31.1 Å². The number of nitro benzene ring substituents is 1. The molecule has 162 valence electrons. The number of nitrogens with zero attached hydrogens (tertiary/aromatic N) is 7. The fourth-order valence-corrected chi connectivity index (χ4v) is 4.93. The van der Waals surface area contributed by atoms with E-state index in [1.54, 1.807) is 4.68 Å². The van der Waals surface area contributed by atoms with Crippen LogP contribution in [0, 0.1) is 24.0 Å². The quantitative estimate of drug-likeness (QED) is 0.431. The lowest BCUT2D eigenvalue weighted by Gasteiger charge is -2.34. The molecule has 0 N–H and O–H groups in total. The van der Waals surface area contributed by atoms with Crippen LogP contribution in [0.5, 0.6) is 0 Å². The summed E-state index contributed by atoms with van der Waals surface area (Å²) >= 11 is 0. The molecule has 1 fully saturated rings. The molecule has 3 heterocycles. The van der Waals surface area contributed by atoms with Crippen molar-refractivity contribution in [3.05, 3.63) is 64.0 Å². The summed E-state index contributed by atoms with van der Waals surface area (Å²) in [4.78, 5) is 12.2. The molecule has 31 heavy (non-hydrogen) atoms. The van der Waals surface area contributed by atoms with Crippen LogP contribution in [0.3, 0.4) is 0 Å². The van der Waals surface area contributed by atoms with Crippen molar-refractivity contribution >= 4 is 21.5 Å². The number of aromatic nitrogens is 4. The van der Waals surface area contributed by atoms with Crippen LogP contribution in [0.25, 0.3) is 5.82 Å². The van der Waals surface area contributed by atoms with Gasteiger partial charge in [0.15, 0.2) is 11.6 Å². The van der Waals surface area contributed by atoms with Crippen molar-refractivity contribution < 1.29 is 13.3 Å². The molecule has 0 saturated carbocycles. The zero-order valence-electron chi connectivity index (χ0n) is 17.0. The predicted molar refractivity (Wildman–Crippen MR) is 113 cm³/mol. The van der Waals surface area contributed by atoms with Crippen LogP contribution in [0.2, 0.25) is 0 Å². The molecule has 1 aromatic carbocycles. The van der Waals surface area contributed by atoms with Crippen molar-refractivity contribution in [3.8, 4) is 5.82 Å². The second kappa shape index (κ2) is 8.04. The van der Waals surface area contributed by atoms with Crippen LogP contribution in [-0.2, 0) is 10.0 Å². The minimum Gasteiger partial charge on any atom is -0.352 e. The smallest absolute Gasteiger partial charge is 0.269 e. The van der Waals surface area contributed by atoms with Gasteiger partial charge in [-0.1, -0.05) is 0 Å². The Bertz CT molecular complexity index is 1200. The summed E-state index contributed by atoms with van der Waals surface area (Å²) in [6.45, 7) is 5.33. The third-order valence-corrected chi connectivity index (χ3v) is 7.02. The van der Waals surface area contributed by atoms with Crippen LogP contribution in [0.1, 0.15) is 11.4 Å². The van der Waals surface area contributed by atoms with Gasteiger partial charge in [0, 0.05) is 44.0 Å². The van der Waals surface area contributed by atoms with Crippen LogP contribution >= 0.6 is 0 Å². The van der Waals surface area contributed by atoms with E-state index in [0.717, 1.165) is 11.4 Å². The molecule has 0 unspecified atom stereocenters. The van der Waals surface area contributed by atoms with Crippen molar-refractivity contribution in [2.45, 2.75) is 18.7 Å². The van der Waals surface area contributed by atoms with E-state index >= 15 is 0 Å². The summed E-state index contributed by atoms with van der Waals surface area (Å²) in [5.74, 6) is 1.28. The van der Waals surface area contributed by atoms with Gasteiger partial charge in [0.2, 0.25) is 10.0 Å². The van der Waals surface area contributed by atoms with E-state index in [0.29, 0.717) is 24.7 Å². The number of benzene rings is 1. The maximum absolute atomic E-state index is 12.8. The Morgan fingerprint density at radius 2 is 1.55 bits per heavy atom. The van der Waals surface area contributed by atoms with Gasteiger partial charge < -0.3 is 4.90 Å². The molecule has 2 aromatic heterocycles. The zero-order chi connectivity index (χ0) is 22.2. The first kappa shape index (κ1) is 20.9. The molecule has 0 radical (unpaired) electrons. The summed E-state index contributed by atoms with van der Waals surface area (Å²) in [6.07, 6.45) is 0. The Labute approximate surface area is 179 Å². The summed E-state index contributed by atoms with van der Waals surface area (Å²) in [5.41, 5.74) is 1.71. The number of sulfonamides is 1. The van der Waals surface area contributed by atoms with Crippen molar-refractivity contribution in [3.63, 3.8) is 0 Å². The monoisotopic (exact) mass is 443 g/mol. The fourth-order valence-electron chi connectivity index (χ4n) is 3.51. The third-order valence-electron chi connectivity index (χ3n) is 5.11. The van der Waals surface area contributed by atoms with Gasteiger partial charge in [-0.15, -0.1) is 10.2 Å². The lowest BCUT2D eigenvalue weighted by atomic mass is 10.3. The molecule has 12 heteroatoms. The van der Waals surface area contributed by atoms with E-state index in [1.165, 1.54) is 28.6 Å². The molecule has 1 aliphatic heterocycles. The number of rotatable bonds is 5. The van der Waals surface area contributed by atoms with Gasteiger partial charge in [-0.25, -0.2) is 13.1 Å². The van der Waals surface area contributed by atoms with Gasteiger partial charge >= 0.3 is 0 Å². The molecular formula is C19H21N7O4S. The fraction of sp³-hybridized carbons (Fsp3) is 0.316. The van der Waals surface area contributed by atoms with E-state index in [1.807, 2.05) is 36.9 Å². The molecule has 1 saturated heterocycles. The van der Waals surface area contributed by atoms with E-state index in [2.05, 4.69) is 15.3 Å². The zero-order valence-corrected chi connectivity index (χ0v) is 17.9. The minimum absolute atomic E-state index is 0.0422.